The van der Waals surface area contributed by atoms with Gasteiger partial charge in [0.25, 0.3) is 0 Å². The zero-order valence-electron chi connectivity index (χ0n) is 8.32. The minimum Gasteiger partial charge on any atom is -0.295 e. The molecule has 0 aliphatic carbocycles. The van der Waals surface area contributed by atoms with Crippen molar-refractivity contribution in [3.05, 3.63) is 29.8 Å². The van der Waals surface area contributed by atoms with Crippen LogP contribution in [0.3, 0.4) is 0 Å². The van der Waals surface area contributed by atoms with Gasteiger partial charge >= 0.3 is 0 Å². The van der Waals surface area contributed by atoms with Gasteiger partial charge in [-0.3, -0.25) is 9.91 Å². The number of benzene rings is 1. The summed E-state index contributed by atoms with van der Waals surface area (Å²) >= 11 is 9.52. The third kappa shape index (κ3) is 2.11. The standard InChI is InChI=1S/C10H11BrClN3/c1-14-7-15(10(12)13-14)9-5-3-2-4-8(9)6-11/h2-5H,6-7H2,1H3. The number of amidine groups is 1. The number of hydrazone groups is 1. The zero-order chi connectivity index (χ0) is 10.8. The molecular weight excluding hydrogens is 277 g/mol. The van der Waals surface area contributed by atoms with Crippen molar-refractivity contribution in [1.29, 1.82) is 0 Å². The number of para-hydroxylation sites is 1. The minimum atomic E-state index is 0.519. The van der Waals surface area contributed by atoms with Crippen LogP contribution in [0.4, 0.5) is 5.69 Å². The van der Waals surface area contributed by atoms with Gasteiger partial charge in [-0.15, -0.1) is 5.10 Å². The SMILES string of the molecule is CN1CN(c2ccccc2CBr)C(Cl)=N1. The highest BCUT2D eigenvalue weighted by Crippen LogP contribution is 2.26. The molecule has 2 rings (SSSR count). The lowest BCUT2D eigenvalue weighted by Gasteiger charge is -2.20. The van der Waals surface area contributed by atoms with Gasteiger partial charge in [0.1, 0.15) is 6.67 Å². The average molecular weight is 289 g/mol. The van der Waals surface area contributed by atoms with Crippen LogP contribution >= 0.6 is 27.5 Å². The highest BCUT2D eigenvalue weighted by Gasteiger charge is 2.21. The first-order valence-electron chi connectivity index (χ1n) is 4.59. The lowest BCUT2D eigenvalue weighted by atomic mass is 10.2. The summed E-state index contributed by atoms with van der Waals surface area (Å²) in [4.78, 5) is 1.98. The minimum absolute atomic E-state index is 0.519. The summed E-state index contributed by atoms with van der Waals surface area (Å²) in [6.07, 6.45) is 0. The largest absolute Gasteiger partial charge is 0.295 e. The van der Waals surface area contributed by atoms with Crippen LogP contribution in [0, 0.1) is 0 Å². The smallest absolute Gasteiger partial charge is 0.223 e. The maximum atomic E-state index is 6.06. The number of rotatable bonds is 2. The fourth-order valence-electron chi connectivity index (χ4n) is 1.55. The van der Waals surface area contributed by atoms with Crippen LogP contribution in [0.25, 0.3) is 0 Å². The van der Waals surface area contributed by atoms with Gasteiger partial charge in [-0.05, 0) is 23.2 Å². The highest BCUT2D eigenvalue weighted by atomic mass is 79.9. The van der Waals surface area contributed by atoms with E-state index in [4.69, 9.17) is 11.6 Å². The van der Waals surface area contributed by atoms with Crippen LogP contribution in [-0.4, -0.2) is 24.0 Å². The molecular formula is C10H11BrClN3. The van der Waals surface area contributed by atoms with Crippen LogP contribution in [0.1, 0.15) is 5.56 Å². The molecule has 15 heavy (non-hydrogen) atoms. The maximum Gasteiger partial charge on any atom is 0.223 e. The molecule has 0 fully saturated rings. The Bertz CT molecular complexity index is 394. The van der Waals surface area contributed by atoms with Gasteiger partial charge in [-0.25, -0.2) is 0 Å². The molecule has 1 aromatic carbocycles. The van der Waals surface area contributed by atoms with E-state index in [1.165, 1.54) is 5.56 Å². The van der Waals surface area contributed by atoms with Crippen molar-refractivity contribution in [2.45, 2.75) is 5.33 Å². The second-order valence-corrected chi connectivity index (χ2v) is 4.26. The summed E-state index contributed by atoms with van der Waals surface area (Å²) in [6, 6.07) is 8.15. The Labute approximate surface area is 102 Å². The van der Waals surface area contributed by atoms with Gasteiger partial charge in [0, 0.05) is 18.1 Å². The van der Waals surface area contributed by atoms with Crippen molar-refractivity contribution in [3.8, 4) is 0 Å². The summed E-state index contributed by atoms with van der Waals surface area (Å²) in [5.41, 5.74) is 2.31. The number of hydrogen-bond acceptors (Lipinski definition) is 3. The van der Waals surface area contributed by atoms with Crippen molar-refractivity contribution in [1.82, 2.24) is 5.01 Å². The van der Waals surface area contributed by atoms with Gasteiger partial charge in [-0.1, -0.05) is 34.1 Å². The molecule has 0 atom stereocenters. The summed E-state index contributed by atoms with van der Waals surface area (Å²) in [7, 11) is 1.90. The van der Waals surface area contributed by atoms with Crippen LogP contribution in [0.15, 0.2) is 29.4 Å². The van der Waals surface area contributed by atoms with E-state index in [1.54, 1.807) is 0 Å². The number of alkyl halides is 1. The average Bonchev–Trinajstić information content (AvgIpc) is 2.57. The Kier molecular flexibility index (Phi) is 3.17. The highest BCUT2D eigenvalue weighted by molar-refractivity contribution is 9.08. The molecule has 0 unspecified atom stereocenters. The Balaban J connectivity index is 2.34. The summed E-state index contributed by atoms with van der Waals surface area (Å²) < 4.78 is 0. The van der Waals surface area contributed by atoms with Crippen molar-refractivity contribution in [2.24, 2.45) is 5.10 Å². The first-order valence-corrected chi connectivity index (χ1v) is 6.09. The van der Waals surface area contributed by atoms with Gasteiger partial charge in [0.2, 0.25) is 5.29 Å². The molecule has 0 amide bonds. The van der Waals surface area contributed by atoms with E-state index < -0.39 is 0 Å². The molecule has 1 heterocycles. The molecule has 80 valence electrons. The van der Waals surface area contributed by atoms with Crippen molar-refractivity contribution < 1.29 is 0 Å². The summed E-state index contributed by atoms with van der Waals surface area (Å²) in [6.45, 7) is 0.697. The first-order chi connectivity index (χ1) is 7.22. The van der Waals surface area contributed by atoms with E-state index in [0.717, 1.165) is 11.0 Å². The third-order valence-corrected chi connectivity index (χ3v) is 3.13. The van der Waals surface area contributed by atoms with E-state index in [-0.39, 0.29) is 0 Å². The fraction of sp³-hybridized carbons (Fsp3) is 0.300. The first kappa shape index (κ1) is 10.8. The molecule has 0 bridgehead atoms. The Morgan fingerprint density at radius 3 is 2.80 bits per heavy atom. The van der Waals surface area contributed by atoms with Crippen molar-refractivity contribution in [2.75, 3.05) is 18.6 Å². The third-order valence-electron chi connectivity index (χ3n) is 2.25. The monoisotopic (exact) mass is 287 g/mol. The van der Waals surface area contributed by atoms with Gasteiger partial charge < -0.3 is 0 Å². The lowest BCUT2D eigenvalue weighted by Crippen LogP contribution is -2.27. The Morgan fingerprint density at radius 2 is 2.20 bits per heavy atom. The number of hydrogen-bond donors (Lipinski definition) is 0. The molecule has 0 saturated heterocycles. The molecule has 1 aliphatic rings. The Morgan fingerprint density at radius 1 is 1.47 bits per heavy atom. The lowest BCUT2D eigenvalue weighted by molar-refractivity contribution is 0.393. The van der Waals surface area contributed by atoms with Crippen LogP contribution in [-0.2, 0) is 5.33 Å². The number of nitrogens with zero attached hydrogens (tertiary/aromatic N) is 3. The van der Waals surface area contributed by atoms with E-state index in [0.29, 0.717) is 12.0 Å². The predicted octanol–water partition coefficient (Wildman–Crippen LogP) is 2.80. The molecule has 0 N–H and O–H groups in total. The quantitative estimate of drug-likeness (QED) is 0.615. The van der Waals surface area contributed by atoms with E-state index >= 15 is 0 Å². The van der Waals surface area contributed by atoms with E-state index in [2.05, 4.69) is 27.1 Å². The number of anilines is 1. The van der Waals surface area contributed by atoms with Crippen molar-refractivity contribution in [3.63, 3.8) is 0 Å². The molecule has 5 heteroatoms. The molecule has 0 aromatic heterocycles. The second-order valence-electron chi connectivity index (χ2n) is 3.36. The zero-order valence-corrected chi connectivity index (χ0v) is 10.7. The molecule has 0 saturated carbocycles. The molecule has 1 aromatic rings. The maximum absolute atomic E-state index is 6.06. The van der Waals surface area contributed by atoms with Crippen molar-refractivity contribution >= 4 is 38.5 Å². The van der Waals surface area contributed by atoms with Gasteiger partial charge in [0.05, 0.1) is 0 Å². The molecule has 3 nitrogen and oxygen atoms in total. The van der Waals surface area contributed by atoms with Gasteiger partial charge in [-0.2, -0.15) is 0 Å². The summed E-state index contributed by atoms with van der Waals surface area (Å²) in [5, 5.41) is 7.29. The molecule has 1 aliphatic heterocycles. The van der Waals surface area contributed by atoms with Gasteiger partial charge in [0.15, 0.2) is 0 Å². The topological polar surface area (TPSA) is 18.8 Å². The van der Waals surface area contributed by atoms with Crippen LogP contribution in [0.2, 0.25) is 0 Å². The van der Waals surface area contributed by atoms with Crippen LogP contribution < -0.4 is 4.90 Å². The summed E-state index contributed by atoms with van der Waals surface area (Å²) in [5.74, 6) is 0. The molecule has 0 radical (unpaired) electrons. The number of halogens is 2. The second kappa shape index (κ2) is 4.41. The predicted molar refractivity (Wildman–Crippen MR) is 67.5 cm³/mol. The molecule has 0 spiro atoms. The Hall–Kier alpha value is -0.740. The van der Waals surface area contributed by atoms with E-state index in [9.17, 15) is 0 Å². The normalized spacial score (nSPS) is 15.8. The fourth-order valence-corrected chi connectivity index (χ4v) is 2.30. The van der Waals surface area contributed by atoms with Crippen LogP contribution in [0.5, 0.6) is 0 Å². The van der Waals surface area contributed by atoms with E-state index in [1.807, 2.05) is 35.2 Å².